The van der Waals surface area contributed by atoms with Crippen LogP contribution in [0.1, 0.15) is 29.5 Å². The lowest BCUT2D eigenvalue weighted by Gasteiger charge is -2.22. The molecular formula is C18H23N5O3. The highest BCUT2D eigenvalue weighted by atomic mass is 16.6. The third kappa shape index (κ3) is 2.80. The van der Waals surface area contributed by atoms with Crippen molar-refractivity contribution in [2.75, 3.05) is 32.8 Å². The second kappa shape index (κ2) is 6.28. The quantitative estimate of drug-likeness (QED) is 0.886. The molecule has 0 bridgehead atoms. The van der Waals surface area contributed by atoms with Crippen LogP contribution in [0, 0.1) is 12.3 Å². The number of benzene rings is 1. The predicted molar refractivity (Wildman–Crippen MR) is 94.8 cm³/mol. The van der Waals surface area contributed by atoms with E-state index >= 15 is 0 Å². The zero-order valence-corrected chi connectivity index (χ0v) is 15.1. The third-order valence-electron chi connectivity index (χ3n) is 5.21. The van der Waals surface area contributed by atoms with Crippen LogP contribution in [0.3, 0.4) is 0 Å². The van der Waals surface area contributed by atoms with Crippen LogP contribution < -0.4 is 15.2 Å². The van der Waals surface area contributed by atoms with E-state index in [0.29, 0.717) is 55.7 Å². The van der Waals surface area contributed by atoms with Crippen molar-refractivity contribution in [1.29, 1.82) is 0 Å². The number of rotatable bonds is 3. The monoisotopic (exact) mass is 357 g/mol. The summed E-state index contributed by atoms with van der Waals surface area (Å²) in [5.74, 6) is 1.30. The molecule has 0 aliphatic carbocycles. The average Bonchev–Trinajstić information content (AvgIpc) is 3.25. The largest absolute Gasteiger partial charge is 0.486 e. The van der Waals surface area contributed by atoms with Gasteiger partial charge in [-0.2, -0.15) is 0 Å². The first kappa shape index (κ1) is 16.8. The number of hydrogen-bond acceptors (Lipinski definition) is 6. The molecule has 2 N–H and O–H groups in total. The van der Waals surface area contributed by atoms with E-state index in [0.717, 1.165) is 12.1 Å². The minimum absolute atomic E-state index is 0.0185. The van der Waals surface area contributed by atoms with Crippen LogP contribution in [0.15, 0.2) is 18.2 Å². The Balaban J connectivity index is 1.60. The molecule has 1 saturated heterocycles. The highest BCUT2D eigenvalue weighted by Gasteiger charge is 2.36. The van der Waals surface area contributed by atoms with Gasteiger partial charge in [0.2, 0.25) is 0 Å². The Kier molecular flexibility index (Phi) is 4.07. The van der Waals surface area contributed by atoms with Gasteiger partial charge in [0, 0.05) is 19.2 Å². The molecule has 26 heavy (non-hydrogen) atoms. The molecule has 8 heteroatoms. The first-order valence-electron chi connectivity index (χ1n) is 8.82. The number of amides is 1. The molecular weight excluding hydrogens is 334 g/mol. The third-order valence-corrected chi connectivity index (χ3v) is 5.21. The Morgan fingerprint density at radius 2 is 2.08 bits per heavy atom. The Hall–Kier alpha value is -2.61. The van der Waals surface area contributed by atoms with Crippen molar-refractivity contribution in [1.82, 2.24) is 19.9 Å². The summed E-state index contributed by atoms with van der Waals surface area (Å²) in [4.78, 5) is 14.7. The van der Waals surface area contributed by atoms with Crippen LogP contribution >= 0.6 is 0 Å². The number of aromatic nitrogens is 3. The lowest BCUT2D eigenvalue weighted by molar-refractivity contribution is 0.0770. The van der Waals surface area contributed by atoms with E-state index in [9.17, 15) is 4.79 Å². The van der Waals surface area contributed by atoms with E-state index in [1.54, 1.807) is 4.68 Å². The van der Waals surface area contributed by atoms with Crippen LogP contribution in [-0.2, 0) is 0 Å². The molecule has 0 spiro atoms. The summed E-state index contributed by atoms with van der Waals surface area (Å²) in [6.45, 7) is 6.94. The molecule has 0 saturated carbocycles. The minimum atomic E-state index is -0.0940. The maximum Gasteiger partial charge on any atom is 0.276 e. The van der Waals surface area contributed by atoms with Crippen molar-refractivity contribution < 1.29 is 14.3 Å². The van der Waals surface area contributed by atoms with Gasteiger partial charge in [-0.15, -0.1) is 5.10 Å². The van der Waals surface area contributed by atoms with Crippen molar-refractivity contribution in [3.63, 3.8) is 0 Å². The van der Waals surface area contributed by atoms with Crippen molar-refractivity contribution >= 4 is 5.91 Å². The van der Waals surface area contributed by atoms with Gasteiger partial charge >= 0.3 is 0 Å². The van der Waals surface area contributed by atoms with Gasteiger partial charge in [-0.1, -0.05) is 12.1 Å². The summed E-state index contributed by atoms with van der Waals surface area (Å²) in [7, 11) is 0. The molecule has 2 aromatic rings. The molecule has 1 amide bonds. The maximum absolute atomic E-state index is 12.9. The van der Waals surface area contributed by atoms with Gasteiger partial charge in [0.25, 0.3) is 5.91 Å². The molecule has 138 valence electrons. The Morgan fingerprint density at radius 1 is 1.31 bits per heavy atom. The van der Waals surface area contributed by atoms with E-state index in [4.69, 9.17) is 15.2 Å². The van der Waals surface area contributed by atoms with Gasteiger partial charge in [0.05, 0.1) is 11.4 Å². The molecule has 8 nitrogen and oxygen atoms in total. The SMILES string of the molecule is Cc1c(C(=O)N2CCC(C)(CN)C2)nnn1-c1ccc2c(c1)OCCO2. The van der Waals surface area contributed by atoms with Crippen molar-refractivity contribution in [2.24, 2.45) is 11.1 Å². The van der Waals surface area contributed by atoms with E-state index in [2.05, 4.69) is 17.2 Å². The van der Waals surface area contributed by atoms with E-state index in [1.807, 2.05) is 30.0 Å². The lowest BCUT2D eigenvalue weighted by Crippen LogP contribution is -2.35. The predicted octanol–water partition coefficient (Wildman–Crippen LogP) is 1.16. The summed E-state index contributed by atoms with van der Waals surface area (Å²) in [5.41, 5.74) is 7.69. The van der Waals surface area contributed by atoms with E-state index < -0.39 is 0 Å². The maximum atomic E-state index is 12.9. The fraction of sp³-hybridized carbons (Fsp3) is 0.500. The molecule has 1 atom stereocenters. The van der Waals surface area contributed by atoms with Crippen molar-refractivity contribution in [2.45, 2.75) is 20.3 Å². The average molecular weight is 357 g/mol. The Bertz CT molecular complexity index is 849. The Labute approximate surface area is 151 Å². The summed E-state index contributed by atoms with van der Waals surface area (Å²) < 4.78 is 12.8. The van der Waals surface area contributed by atoms with Crippen molar-refractivity contribution in [3.8, 4) is 17.2 Å². The van der Waals surface area contributed by atoms with Crippen LogP contribution in [0.2, 0.25) is 0 Å². The first-order valence-corrected chi connectivity index (χ1v) is 8.82. The zero-order chi connectivity index (χ0) is 18.3. The summed E-state index contributed by atoms with van der Waals surface area (Å²) >= 11 is 0. The lowest BCUT2D eigenvalue weighted by atomic mass is 9.90. The van der Waals surface area contributed by atoms with Gasteiger partial charge in [0.1, 0.15) is 13.2 Å². The highest BCUT2D eigenvalue weighted by molar-refractivity contribution is 5.93. The van der Waals surface area contributed by atoms with Crippen LogP contribution in [0.4, 0.5) is 0 Å². The van der Waals surface area contributed by atoms with Crippen LogP contribution in [0.25, 0.3) is 5.69 Å². The summed E-state index contributed by atoms with van der Waals surface area (Å²) in [6.07, 6.45) is 0.907. The topological polar surface area (TPSA) is 95.5 Å². The number of fused-ring (bicyclic) bond motifs is 1. The molecule has 1 aromatic carbocycles. The Morgan fingerprint density at radius 3 is 2.81 bits per heavy atom. The molecule has 4 rings (SSSR count). The van der Waals surface area contributed by atoms with E-state index in [1.165, 1.54) is 0 Å². The first-order chi connectivity index (χ1) is 12.5. The van der Waals surface area contributed by atoms with Gasteiger partial charge in [-0.05, 0) is 37.4 Å². The second-order valence-electron chi connectivity index (χ2n) is 7.25. The highest BCUT2D eigenvalue weighted by Crippen LogP contribution is 2.33. The second-order valence-corrected chi connectivity index (χ2v) is 7.25. The number of likely N-dealkylation sites (tertiary alicyclic amines) is 1. The molecule has 3 heterocycles. The van der Waals surface area contributed by atoms with Gasteiger partial charge in [-0.3, -0.25) is 4.79 Å². The standard InChI is InChI=1S/C18H23N5O3/c1-12-16(17(24)22-6-5-18(2,10-19)11-22)20-21-23(12)13-3-4-14-15(9-13)26-8-7-25-14/h3-4,9H,5-8,10-11,19H2,1-2H3. The van der Waals surface area contributed by atoms with Crippen LogP contribution in [0.5, 0.6) is 11.5 Å². The molecule has 1 unspecified atom stereocenters. The zero-order valence-electron chi connectivity index (χ0n) is 15.1. The number of carbonyl (C=O) groups is 1. The molecule has 2 aliphatic heterocycles. The van der Waals surface area contributed by atoms with Gasteiger partial charge in [0.15, 0.2) is 17.2 Å². The number of hydrogen-bond donors (Lipinski definition) is 1. The number of nitrogens with zero attached hydrogens (tertiary/aromatic N) is 4. The number of carbonyl (C=O) groups excluding carboxylic acids is 1. The van der Waals surface area contributed by atoms with Crippen molar-refractivity contribution in [3.05, 3.63) is 29.6 Å². The smallest absolute Gasteiger partial charge is 0.276 e. The number of ether oxygens (including phenoxy) is 2. The molecule has 0 radical (unpaired) electrons. The fourth-order valence-corrected chi connectivity index (χ4v) is 3.45. The molecule has 1 fully saturated rings. The fourth-order valence-electron chi connectivity index (χ4n) is 3.45. The van der Waals surface area contributed by atoms with E-state index in [-0.39, 0.29) is 11.3 Å². The molecule has 2 aliphatic rings. The number of nitrogens with two attached hydrogens (primary N) is 1. The van der Waals surface area contributed by atoms with Gasteiger partial charge in [-0.25, -0.2) is 4.68 Å². The summed E-state index contributed by atoms with van der Waals surface area (Å²) in [5, 5.41) is 8.32. The molecule has 1 aromatic heterocycles. The summed E-state index contributed by atoms with van der Waals surface area (Å²) in [6, 6.07) is 5.58. The van der Waals surface area contributed by atoms with Crippen LogP contribution in [-0.4, -0.2) is 58.6 Å². The minimum Gasteiger partial charge on any atom is -0.486 e. The normalized spacial score (nSPS) is 21.9. The van der Waals surface area contributed by atoms with Gasteiger partial charge < -0.3 is 20.1 Å².